The maximum Gasteiger partial charge on any atom is 0.354 e. The number of carboxylic acid groups (broad SMARTS) is 1. The van der Waals surface area contributed by atoms with Crippen LogP contribution in [0.15, 0.2) is 84.7 Å². The number of carboxylic acids is 1. The van der Waals surface area contributed by atoms with Crippen molar-refractivity contribution in [3.8, 4) is 0 Å². The summed E-state index contributed by atoms with van der Waals surface area (Å²) in [6.45, 7) is 2.39. The summed E-state index contributed by atoms with van der Waals surface area (Å²) >= 11 is 0. The summed E-state index contributed by atoms with van der Waals surface area (Å²) in [4.78, 5) is 18.4. The van der Waals surface area contributed by atoms with Gasteiger partial charge >= 0.3 is 5.97 Å². The fourth-order valence-corrected chi connectivity index (χ4v) is 4.78. The Morgan fingerprint density at radius 2 is 1.88 bits per heavy atom. The molecule has 0 spiro atoms. The Labute approximate surface area is 187 Å². The van der Waals surface area contributed by atoms with E-state index in [-0.39, 0.29) is 5.69 Å². The second-order valence-corrected chi connectivity index (χ2v) is 8.37. The number of nitrogens with zero attached hydrogens (tertiary/aromatic N) is 2. The molecule has 1 atom stereocenters. The predicted molar refractivity (Wildman–Crippen MR) is 129 cm³/mol. The molecule has 2 aliphatic rings. The maximum atomic E-state index is 10.6. The van der Waals surface area contributed by atoms with E-state index in [4.69, 9.17) is 5.11 Å². The molecule has 0 saturated heterocycles. The van der Waals surface area contributed by atoms with E-state index >= 15 is 0 Å². The van der Waals surface area contributed by atoms with Crippen LogP contribution in [0.5, 0.6) is 0 Å². The summed E-state index contributed by atoms with van der Waals surface area (Å²) < 4.78 is 0. The number of allylic oxidation sites excluding steroid dienone is 4. The number of carbonyl (C=O) groups is 1. The fourth-order valence-electron chi connectivity index (χ4n) is 4.78. The van der Waals surface area contributed by atoms with Gasteiger partial charge in [-0.1, -0.05) is 61.0 Å². The van der Waals surface area contributed by atoms with Gasteiger partial charge in [0.2, 0.25) is 0 Å². The Morgan fingerprint density at radius 1 is 1.03 bits per heavy atom. The largest absolute Gasteiger partial charge is 0.477 e. The highest BCUT2D eigenvalue weighted by Gasteiger charge is 2.25. The molecule has 4 aromatic rings. The zero-order chi connectivity index (χ0) is 22.1. The van der Waals surface area contributed by atoms with Crippen LogP contribution in [-0.4, -0.2) is 21.0 Å². The van der Waals surface area contributed by atoms with Gasteiger partial charge in [-0.05, 0) is 70.9 Å². The van der Waals surface area contributed by atoms with Crippen LogP contribution in [0.4, 0.5) is 0 Å². The molecule has 0 radical (unpaired) electrons. The number of hydrogen-bond donors (Lipinski definition) is 1. The van der Waals surface area contributed by atoms with E-state index in [1.54, 1.807) is 35.7 Å². The molecule has 0 saturated carbocycles. The van der Waals surface area contributed by atoms with Crippen LogP contribution in [0.3, 0.4) is 0 Å². The molecule has 0 fully saturated rings. The van der Waals surface area contributed by atoms with Crippen molar-refractivity contribution in [2.24, 2.45) is 5.92 Å². The van der Waals surface area contributed by atoms with Gasteiger partial charge in [0.25, 0.3) is 0 Å². The van der Waals surface area contributed by atoms with Gasteiger partial charge in [0, 0.05) is 17.8 Å². The third-order valence-corrected chi connectivity index (χ3v) is 6.36. The molecule has 32 heavy (non-hydrogen) atoms. The Hall–Kier alpha value is -3.79. The van der Waals surface area contributed by atoms with Crippen LogP contribution in [0.25, 0.3) is 27.2 Å². The molecule has 0 bridgehead atoms. The number of hydrogen-bond acceptors (Lipinski definition) is 3. The standard InChI is InChI=1S/C19H18.C9H6N2O2/c1-13-12-19-16-8-3-2-6-14(16)10-11-18(19)17-9-5-4-7-15(13)17;12-9(13)8-2-1-6-5-10-4-3-7(6)11-8/h2-3,5-6,8-11,13H,4,7,12H2,1H3;1-5H,(H,12,13). The monoisotopic (exact) mass is 420 g/mol. The summed E-state index contributed by atoms with van der Waals surface area (Å²) in [6.07, 6.45) is 11.6. The van der Waals surface area contributed by atoms with E-state index in [0.717, 1.165) is 5.39 Å². The van der Waals surface area contributed by atoms with Crippen molar-refractivity contribution in [3.05, 3.63) is 102 Å². The maximum absolute atomic E-state index is 10.6. The minimum absolute atomic E-state index is 0.0544. The van der Waals surface area contributed by atoms with E-state index in [9.17, 15) is 4.79 Å². The number of pyridine rings is 2. The van der Waals surface area contributed by atoms with Crippen LogP contribution in [-0.2, 0) is 6.42 Å². The lowest BCUT2D eigenvalue weighted by Crippen LogP contribution is -2.15. The molecule has 158 valence electrons. The molecule has 2 aromatic heterocycles. The Kier molecular flexibility index (Phi) is 5.28. The molecule has 2 heterocycles. The molecular formula is C28H24N2O2. The Morgan fingerprint density at radius 3 is 2.75 bits per heavy atom. The Balaban J connectivity index is 0.000000146. The molecule has 0 amide bonds. The fraction of sp³-hybridized carbons (Fsp3) is 0.179. The first-order chi connectivity index (χ1) is 15.6. The molecule has 4 heteroatoms. The van der Waals surface area contributed by atoms with Gasteiger partial charge in [-0.25, -0.2) is 9.78 Å². The van der Waals surface area contributed by atoms with Gasteiger partial charge in [-0.3, -0.25) is 4.98 Å². The molecular weight excluding hydrogens is 396 g/mol. The summed E-state index contributed by atoms with van der Waals surface area (Å²) in [5.74, 6) is -0.322. The predicted octanol–water partition coefficient (Wildman–Crippen LogP) is 6.46. The molecule has 6 rings (SSSR count). The first-order valence-electron chi connectivity index (χ1n) is 11.0. The van der Waals surface area contributed by atoms with Crippen molar-refractivity contribution in [1.82, 2.24) is 9.97 Å². The van der Waals surface area contributed by atoms with E-state index in [2.05, 4.69) is 65.4 Å². The van der Waals surface area contributed by atoms with Crippen LogP contribution in [0.2, 0.25) is 0 Å². The average molecular weight is 421 g/mol. The smallest absolute Gasteiger partial charge is 0.354 e. The van der Waals surface area contributed by atoms with Gasteiger partial charge in [0.15, 0.2) is 0 Å². The number of fused-ring (bicyclic) bond motifs is 5. The molecule has 0 aliphatic heterocycles. The van der Waals surface area contributed by atoms with Crippen molar-refractivity contribution in [2.75, 3.05) is 0 Å². The summed E-state index contributed by atoms with van der Waals surface area (Å²) in [5, 5.41) is 12.3. The van der Waals surface area contributed by atoms with Gasteiger partial charge in [-0.15, -0.1) is 0 Å². The summed E-state index contributed by atoms with van der Waals surface area (Å²) in [5.41, 5.74) is 6.91. The zero-order valence-corrected chi connectivity index (χ0v) is 18.0. The number of aromatic carboxylic acids is 1. The first kappa shape index (κ1) is 20.1. The second-order valence-electron chi connectivity index (χ2n) is 8.37. The molecule has 2 aliphatic carbocycles. The lowest BCUT2D eigenvalue weighted by atomic mass is 9.74. The number of aromatic nitrogens is 2. The van der Waals surface area contributed by atoms with E-state index in [1.807, 2.05) is 0 Å². The minimum Gasteiger partial charge on any atom is -0.477 e. The third kappa shape index (κ3) is 3.69. The van der Waals surface area contributed by atoms with Crippen LogP contribution in [0.1, 0.15) is 41.4 Å². The zero-order valence-electron chi connectivity index (χ0n) is 18.0. The van der Waals surface area contributed by atoms with Crippen LogP contribution in [0, 0.1) is 5.92 Å². The van der Waals surface area contributed by atoms with Crippen LogP contribution < -0.4 is 0 Å². The van der Waals surface area contributed by atoms with E-state index in [0.29, 0.717) is 11.4 Å². The van der Waals surface area contributed by atoms with Crippen molar-refractivity contribution < 1.29 is 9.90 Å². The molecule has 1 unspecified atom stereocenters. The first-order valence-corrected chi connectivity index (χ1v) is 11.0. The average Bonchev–Trinajstić information content (AvgIpc) is 2.84. The van der Waals surface area contributed by atoms with E-state index in [1.165, 1.54) is 47.2 Å². The lowest BCUT2D eigenvalue weighted by Gasteiger charge is -2.30. The van der Waals surface area contributed by atoms with Gasteiger partial charge in [0.05, 0.1) is 5.52 Å². The minimum atomic E-state index is -1.02. The van der Waals surface area contributed by atoms with Gasteiger partial charge in [0.1, 0.15) is 5.69 Å². The van der Waals surface area contributed by atoms with Gasteiger partial charge in [-0.2, -0.15) is 0 Å². The topological polar surface area (TPSA) is 63.1 Å². The van der Waals surface area contributed by atoms with Crippen molar-refractivity contribution in [1.29, 1.82) is 0 Å². The third-order valence-electron chi connectivity index (χ3n) is 6.36. The highest BCUT2D eigenvalue weighted by molar-refractivity contribution is 5.94. The van der Waals surface area contributed by atoms with Crippen molar-refractivity contribution in [3.63, 3.8) is 0 Å². The highest BCUT2D eigenvalue weighted by atomic mass is 16.4. The molecule has 4 nitrogen and oxygen atoms in total. The SMILES string of the molecule is CC1Cc2c(ccc3ccccc23)C2=C1CCC=C2.O=C(O)c1ccc2cnccc2n1. The van der Waals surface area contributed by atoms with Crippen LogP contribution >= 0.6 is 0 Å². The number of benzene rings is 2. The quantitative estimate of drug-likeness (QED) is 0.384. The Bertz CT molecular complexity index is 1400. The summed E-state index contributed by atoms with van der Waals surface area (Å²) in [7, 11) is 0. The van der Waals surface area contributed by atoms with Gasteiger partial charge < -0.3 is 5.11 Å². The van der Waals surface area contributed by atoms with E-state index < -0.39 is 5.97 Å². The lowest BCUT2D eigenvalue weighted by molar-refractivity contribution is 0.0691. The van der Waals surface area contributed by atoms with Crippen molar-refractivity contribution >= 4 is 33.2 Å². The summed E-state index contributed by atoms with van der Waals surface area (Å²) in [6, 6.07) is 18.2. The highest BCUT2D eigenvalue weighted by Crippen LogP contribution is 2.42. The van der Waals surface area contributed by atoms with Crippen molar-refractivity contribution in [2.45, 2.75) is 26.2 Å². The second kappa shape index (κ2) is 8.39. The number of rotatable bonds is 1. The normalized spacial score (nSPS) is 16.8. The molecule has 2 aromatic carbocycles. The molecule has 1 N–H and O–H groups in total.